The molecule has 0 radical (unpaired) electrons. The van der Waals surface area contributed by atoms with Gasteiger partial charge in [0.25, 0.3) is 0 Å². The van der Waals surface area contributed by atoms with Crippen molar-refractivity contribution >= 4 is 17.5 Å². The van der Waals surface area contributed by atoms with Crippen molar-refractivity contribution < 1.29 is 4.79 Å². The van der Waals surface area contributed by atoms with E-state index in [0.29, 0.717) is 5.75 Å². The van der Waals surface area contributed by atoms with Gasteiger partial charge >= 0.3 is 0 Å². The Morgan fingerprint density at radius 2 is 1.67 bits per heavy atom. The number of ketones is 1. The summed E-state index contributed by atoms with van der Waals surface area (Å²) in [4.78, 5) is 12.8. The van der Waals surface area contributed by atoms with Crippen LogP contribution in [-0.4, -0.2) is 26.3 Å². The first kappa shape index (κ1) is 19.4. The number of aryl methyl sites for hydroxylation is 4. The molecule has 0 saturated heterocycles. The van der Waals surface area contributed by atoms with E-state index in [-0.39, 0.29) is 5.78 Å². The molecule has 5 heteroatoms. The smallest absolute Gasteiger partial charge is 0.191 e. The molecule has 0 unspecified atom stereocenters. The number of hydrogen-bond acceptors (Lipinski definition) is 4. The highest BCUT2D eigenvalue weighted by Crippen LogP contribution is 2.27. The molecule has 2 aromatic carbocycles. The predicted octanol–water partition coefficient (Wildman–Crippen LogP) is 5.17. The van der Waals surface area contributed by atoms with Crippen LogP contribution in [0, 0.1) is 27.7 Å². The monoisotopic (exact) mass is 379 g/mol. The van der Waals surface area contributed by atoms with Crippen LogP contribution in [0.3, 0.4) is 0 Å². The number of aromatic nitrogens is 3. The third-order valence-electron chi connectivity index (χ3n) is 4.71. The third-order valence-corrected chi connectivity index (χ3v) is 5.67. The molecule has 0 N–H and O–H groups in total. The van der Waals surface area contributed by atoms with Gasteiger partial charge in [-0.2, -0.15) is 0 Å². The molecule has 140 valence electrons. The second-order valence-corrected chi connectivity index (χ2v) is 7.79. The molecule has 3 aromatic rings. The van der Waals surface area contributed by atoms with Crippen molar-refractivity contribution in [3.8, 4) is 11.4 Å². The first-order chi connectivity index (χ1) is 12.9. The minimum absolute atomic E-state index is 0.137. The molecular formula is C22H25N3OS. The summed E-state index contributed by atoms with van der Waals surface area (Å²) in [7, 11) is 0. The predicted molar refractivity (Wildman–Crippen MR) is 112 cm³/mol. The van der Waals surface area contributed by atoms with Gasteiger partial charge in [-0.25, -0.2) is 0 Å². The van der Waals surface area contributed by atoms with Crippen molar-refractivity contribution in [2.75, 3.05) is 5.75 Å². The van der Waals surface area contributed by atoms with Crippen LogP contribution in [0.2, 0.25) is 0 Å². The van der Waals surface area contributed by atoms with Gasteiger partial charge in [-0.1, -0.05) is 53.7 Å². The molecule has 0 aliphatic rings. The summed E-state index contributed by atoms with van der Waals surface area (Å²) in [5.74, 6) is 1.35. The maximum Gasteiger partial charge on any atom is 0.191 e. The Morgan fingerprint density at radius 3 is 2.30 bits per heavy atom. The normalized spacial score (nSPS) is 11.0. The number of hydrogen-bond donors (Lipinski definition) is 0. The molecule has 4 nitrogen and oxygen atoms in total. The van der Waals surface area contributed by atoms with Crippen LogP contribution in [0.5, 0.6) is 0 Å². The van der Waals surface area contributed by atoms with Crippen molar-refractivity contribution in [3.05, 3.63) is 64.2 Å². The highest BCUT2D eigenvalue weighted by Gasteiger charge is 2.18. The number of rotatable bonds is 6. The number of Topliss-reactive ketones (excluding diaryl/α,β-unsaturated/α-hetero) is 1. The van der Waals surface area contributed by atoms with Crippen LogP contribution in [0.15, 0.2) is 41.6 Å². The molecule has 1 aromatic heterocycles. The zero-order chi connectivity index (χ0) is 19.6. The van der Waals surface area contributed by atoms with Gasteiger partial charge in [0.1, 0.15) is 0 Å². The van der Waals surface area contributed by atoms with Gasteiger partial charge in [0.2, 0.25) is 0 Å². The fourth-order valence-electron chi connectivity index (χ4n) is 3.53. The standard InChI is InChI=1S/C22H25N3OS/c1-6-25-21(18-10-8-7-9-15(18)3)23-24-22(25)27-13-19(26)20-16(4)11-14(2)12-17(20)5/h7-12H,6,13H2,1-5H3. The Kier molecular flexibility index (Phi) is 5.80. The number of carbonyl (C=O) groups excluding carboxylic acids is 1. The number of benzene rings is 2. The fraction of sp³-hybridized carbons (Fsp3) is 0.318. The van der Waals surface area contributed by atoms with E-state index in [9.17, 15) is 4.79 Å². The highest BCUT2D eigenvalue weighted by atomic mass is 32.2. The second kappa shape index (κ2) is 8.09. The van der Waals surface area contributed by atoms with E-state index >= 15 is 0 Å². The van der Waals surface area contributed by atoms with Crippen LogP contribution in [0.25, 0.3) is 11.4 Å². The zero-order valence-electron chi connectivity index (χ0n) is 16.5. The van der Waals surface area contributed by atoms with Gasteiger partial charge in [0.15, 0.2) is 16.8 Å². The van der Waals surface area contributed by atoms with Gasteiger partial charge in [-0.15, -0.1) is 10.2 Å². The lowest BCUT2D eigenvalue weighted by Gasteiger charge is -2.11. The first-order valence-corrected chi connectivity index (χ1v) is 10.1. The Labute approximate surface area is 165 Å². The molecule has 0 atom stereocenters. The quantitative estimate of drug-likeness (QED) is 0.438. The van der Waals surface area contributed by atoms with E-state index in [4.69, 9.17) is 0 Å². The Balaban J connectivity index is 1.83. The zero-order valence-corrected chi connectivity index (χ0v) is 17.4. The minimum atomic E-state index is 0.137. The largest absolute Gasteiger partial charge is 0.302 e. The van der Waals surface area contributed by atoms with Crippen molar-refractivity contribution in [2.24, 2.45) is 0 Å². The van der Waals surface area contributed by atoms with E-state index in [2.05, 4.69) is 59.8 Å². The number of thioether (sulfide) groups is 1. The average Bonchev–Trinajstić information content (AvgIpc) is 3.02. The van der Waals surface area contributed by atoms with Crippen LogP contribution in [0.4, 0.5) is 0 Å². The lowest BCUT2D eigenvalue weighted by Crippen LogP contribution is -2.09. The Hall–Kier alpha value is -2.40. The Bertz CT molecular complexity index is 968. The van der Waals surface area contributed by atoms with Crippen molar-refractivity contribution in [3.63, 3.8) is 0 Å². The topological polar surface area (TPSA) is 47.8 Å². The summed E-state index contributed by atoms with van der Waals surface area (Å²) in [6.45, 7) is 11.0. The Morgan fingerprint density at radius 1 is 1.00 bits per heavy atom. The molecular weight excluding hydrogens is 354 g/mol. The van der Waals surface area contributed by atoms with Crippen LogP contribution in [-0.2, 0) is 6.54 Å². The highest BCUT2D eigenvalue weighted by molar-refractivity contribution is 7.99. The summed E-state index contributed by atoms with van der Waals surface area (Å²) < 4.78 is 2.08. The summed E-state index contributed by atoms with van der Waals surface area (Å²) in [5, 5.41) is 9.53. The summed E-state index contributed by atoms with van der Waals surface area (Å²) in [6.07, 6.45) is 0. The third kappa shape index (κ3) is 3.98. The number of carbonyl (C=O) groups is 1. The lowest BCUT2D eigenvalue weighted by molar-refractivity contribution is 0.102. The maximum atomic E-state index is 12.8. The molecule has 0 fully saturated rings. The average molecular weight is 380 g/mol. The molecule has 0 spiro atoms. The van der Waals surface area contributed by atoms with Gasteiger partial charge in [0.05, 0.1) is 5.75 Å². The SMILES string of the molecule is CCn1c(SCC(=O)c2c(C)cc(C)cc2C)nnc1-c1ccccc1C. The van der Waals surface area contributed by atoms with E-state index < -0.39 is 0 Å². The molecule has 0 saturated carbocycles. The van der Waals surface area contributed by atoms with Gasteiger partial charge < -0.3 is 4.57 Å². The van der Waals surface area contributed by atoms with Crippen LogP contribution in [0.1, 0.15) is 39.5 Å². The van der Waals surface area contributed by atoms with Crippen molar-refractivity contribution in [1.29, 1.82) is 0 Å². The summed E-state index contributed by atoms with van der Waals surface area (Å²) in [6, 6.07) is 12.3. The molecule has 0 aliphatic carbocycles. The number of nitrogens with zero attached hydrogens (tertiary/aromatic N) is 3. The second-order valence-electron chi connectivity index (χ2n) is 6.85. The first-order valence-electron chi connectivity index (χ1n) is 9.15. The van der Waals surface area contributed by atoms with Crippen LogP contribution >= 0.6 is 11.8 Å². The summed E-state index contributed by atoms with van der Waals surface area (Å²) >= 11 is 1.46. The molecule has 0 bridgehead atoms. The van der Waals surface area contributed by atoms with E-state index in [0.717, 1.165) is 45.3 Å². The van der Waals surface area contributed by atoms with Crippen molar-refractivity contribution in [1.82, 2.24) is 14.8 Å². The van der Waals surface area contributed by atoms with Gasteiger partial charge in [0, 0.05) is 17.7 Å². The lowest BCUT2D eigenvalue weighted by atomic mass is 9.97. The summed E-state index contributed by atoms with van der Waals surface area (Å²) in [5.41, 5.74) is 6.33. The molecule has 1 heterocycles. The van der Waals surface area contributed by atoms with Gasteiger partial charge in [-0.3, -0.25) is 4.79 Å². The molecule has 0 aliphatic heterocycles. The molecule has 27 heavy (non-hydrogen) atoms. The van der Waals surface area contributed by atoms with Crippen molar-refractivity contribution in [2.45, 2.75) is 46.3 Å². The minimum Gasteiger partial charge on any atom is -0.302 e. The van der Waals surface area contributed by atoms with Crippen LogP contribution < -0.4 is 0 Å². The van der Waals surface area contributed by atoms with Gasteiger partial charge in [-0.05, 0) is 51.3 Å². The fourth-order valence-corrected chi connectivity index (χ4v) is 4.40. The van der Waals surface area contributed by atoms with E-state index in [1.807, 2.05) is 26.0 Å². The van der Waals surface area contributed by atoms with E-state index in [1.165, 1.54) is 17.3 Å². The molecule has 0 amide bonds. The molecule has 3 rings (SSSR count). The van der Waals surface area contributed by atoms with E-state index in [1.54, 1.807) is 0 Å². The maximum absolute atomic E-state index is 12.8.